The summed E-state index contributed by atoms with van der Waals surface area (Å²) >= 11 is 0. The molecule has 1 saturated heterocycles. The second-order valence-electron chi connectivity index (χ2n) is 6.77. The predicted molar refractivity (Wildman–Crippen MR) is 87.1 cm³/mol. The van der Waals surface area contributed by atoms with Gasteiger partial charge in [-0.25, -0.2) is 9.97 Å². The first-order valence-electron chi connectivity index (χ1n) is 7.84. The van der Waals surface area contributed by atoms with Crippen LogP contribution in [0.15, 0.2) is 0 Å². The van der Waals surface area contributed by atoms with Gasteiger partial charge in [0.2, 0.25) is 0 Å². The smallest absolute Gasteiger partial charge is 0.138 e. The molecule has 0 saturated carbocycles. The van der Waals surface area contributed by atoms with Gasteiger partial charge < -0.3 is 15.4 Å². The first-order chi connectivity index (χ1) is 9.82. The van der Waals surface area contributed by atoms with Crippen molar-refractivity contribution in [3.05, 3.63) is 11.4 Å². The van der Waals surface area contributed by atoms with Crippen molar-refractivity contribution >= 4 is 11.6 Å². The first-order valence-corrected chi connectivity index (χ1v) is 7.84. The Morgan fingerprint density at radius 2 is 1.90 bits per heavy atom. The van der Waals surface area contributed by atoms with Crippen LogP contribution in [0, 0.1) is 6.92 Å². The van der Waals surface area contributed by atoms with E-state index >= 15 is 0 Å². The second-order valence-corrected chi connectivity index (χ2v) is 6.77. The van der Waals surface area contributed by atoms with Crippen LogP contribution >= 0.6 is 0 Å². The Labute approximate surface area is 127 Å². The summed E-state index contributed by atoms with van der Waals surface area (Å²) in [6.45, 7) is 14.3. The average molecular weight is 292 g/mol. The van der Waals surface area contributed by atoms with E-state index in [4.69, 9.17) is 14.7 Å². The van der Waals surface area contributed by atoms with Gasteiger partial charge in [-0.1, -0.05) is 20.8 Å². The summed E-state index contributed by atoms with van der Waals surface area (Å²) < 4.78 is 5.63. The van der Waals surface area contributed by atoms with E-state index in [9.17, 15) is 0 Å². The Bertz CT molecular complexity index is 496. The van der Waals surface area contributed by atoms with Crippen molar-refractivity contribution in [1.29, 1.82) is 0 Å². The van der Waals surface area contributed by atoms with Crippen LogP contribution in [0.4, 0.5) is 11.6 Å². The van der Waals surface area contributed by atoms with E-state index in [-0.39, 0.29) is 11.5 Å². The zero-order chi connectivity index (χ0) is 15.6. The van der Waals surface area contributed by atoms with E-state index in [2.05, 4.69) is 52.2 Å². The van der Waals surface area contributed by atoms with E-state index in [1.165, 1.54) is 0 Å². The normalized spacial score (nSPS) is 22.4. The lowest BCUT2D eigenvalue weighted by Crippen LogP contribution is -2.29. The van der Waals surface area contributed by atoms with Gasteiger partial charge in [-0.15, -0.1) is 0 Å². The molecule has 118 valence electrons. The number of hydrogen-bond donors (Lipinski definition) is 2. The van der Waals surface area contributed by atoms with Crippen LogP contribution < -0.4 is 10.6 Å². The van der Waals surface area contributed by atoms with Crippen molar-refractivity contribution in [1.82, 2.24) is 9.97 Å². The van der Waals surface area contributed by atoms with Crippen molar-refractivity contribution in [3.63, 3.8) is 0 Å². The Kier molecular flexibility index (Phi) is 4.71. The summed E-state index contributed by atoms with van der Waals surface area (Å²) in [6.07, 6.45) is 1.24. The number of ether oxygens (including phenoxy) is 1. The first kappa shape index (κ1) is 16.0. The lowest BCUT2D eigenvalue weighted by Gasteiger charge is -2.23. The number of nitrogens with one attached hydrogen (secondary N) is 2. The molecule has 2 N–H and O–H groups in total. The molecule has 0 bridgehead atoms. The summed E-state index contributed by atoms with van der Waals surface area (Å²) in [5, 5.41) is 6.90. The molecule has 5 heteroatoms. The Balaban J connectivity index is 2.35. The van der Waals surface area contributed by atoms with Gasteiger partial charge in [0.15, 0.2) is 0 Å². The molecule has 2 rings (SSSR count). The fourth-order valence-electron chi connectivity index (χ4n) is 2.43. The van der Waals surface area contributed by atoms with Crippen LogP contribution in [0.3, 0.4) is 0 Å². The van der Waals surface area contributed by atoms with Gasteiger partial charge in [0, 0.05) is 24.1 Å². The van der Waals surface area contributed by atoms with Gasteiger partial charge in [-0.2, -0.15) is 0 Å². The van der Waals surface area contributed by atoms with Crippen molar-refractivity contribution in [2.24, 2.45) is 0 Å². The van der Waals surface area contributed by atoms with Crippen LogP contribution in [0.1, 0.15) is 52.4 Å². The maximum Gasteiger partial charge on any atom is 0.138 e. The van der Waals surface area contributed by atoms with E-state index in [0.29, 0.717) is 6.04 Å². The number of anilines is 2. The number of rotatable bonds is 4. The monoisotopic (exact) mass is 292 g/mol. The summed E-state index contributed by atoms with van der Waals surface area (Å²) in [4.78, 5) is 9.46. The fraction of sp³-hybridized carbons (Fsp3) is 0.750. The number of nitrogens with zero attached hydrogens (tertiary/aromatic N) is 2. The van der Waals surface area contributed by atoms with E-state index in [1.54, 1.807) is 0 Å². The molecule has 2 unspecified atom stereocenters. The third-order valence-corrected chi connectivity index (χ3v) is 3.86. The van der Waals surface area contributed by atoms with Gasteiger partial charge in [0.1, 0.15) is 17.5 Å². The van der Waals surface area contributed by atoms with Crippen LogP contribution in [-0.4, -0.2) is 35.3 Å². The molecule has 1 aromatic heterocycles. The van der Waals surface area contributed by atoms with Crippen LogP contribution in [0.25, 0.3) is 0 Å². The van der Waals surface area contributed by atoms with E-state index in [0.717, 1.165) is 42.6 Å². The Hall–Kier alpha value is -1.36. The Morgan fingerprint density at radius 3 is 2.43 bits per heavy atom. The topological polar surface area (TPSA) is 59.1 Å². The predicted octanol–water partition coefficient (Wildman–Crippen LogP) is 3.10. The highest BCUT2D eigenvalue weighted by atomic mass is 16.5. The van der Waals surface area contributed by atoms with E-state index in [1.807, 2.05) is 0 Å². The third kappa shape index (κ3) is 3.64. The average Bonchev–Trinajstić information content (AvgIpc) is 2.78. The third-order valence-electron chi connectivity index (χ3n) is 3.86. The van der Waals surface area contributed by atoms with Crippen LogP contribution in [0.2, 0.25) is 0 Å². The zero-order valence-corrected chi connectivity index (χ0v) is 14.1. The van der Waals surface area contributed by atoms with Crippen molar-refractivity contribution in [3.8, 4) is 0 Å². The van der Waals surface area contributed by atoms with Crippen LogP contribution in [0.5, 0.6) is 0 Å². The highest BCUT2D eigenvalue weighted by Gasteiger charge is 2.27. The molecule has 0 radical (unpaired) electrons. The molecular weight excluding hydrogens is 264 g/mol. The molecule has 1 aromatic rings. The summed E-state index contributed by atoms with van der Waals surface area (Å²) in [5.74, 6) is 2.71. The molecule has 0 spiro atoms. The highest BCUT2D eigenvalue weighted by Crippen LogP contribution is 2.28. The molecular formula is C16H28N4O. The quantitative estimate of drug-likeness (QED) is 0.893. The lowest BCUT2D eigenvalue weighted by molar-refractivity contribution is 0.121. The van der Waals surface area contributed by atoms with Gasteiger partial charge in [0.25, 0.3) is 0 Å². The van der Waals surface area contributed by atoms with Gasteiger partial charge >= 0.3 is 0 Å². The van der Waals surface area contributed by atoms with Gasteiger partial charge in [-0.05, 0) is 27.2 Å². The van der Waals surface area contributed by atoms with Gasteiger partial charge in [0.05, 0.1) is 12.1 Å². The molecule has 1 aliphatic heterocycles. The molecule has 1 aliphatic rings. The largest absolute Gasteiger partial charge is 0.376 e. The lowest BCUT2D eigenvalue weighted by atomic mass is 9.95. The number of aromatic nitrogens is 2. The standard InChI is InChI=1S/C16H28N4O/c1-7-17-13-10(2)14(18-12-8-9-21-11(12)3)20-15(19-13)16(4,5)6/h11-12H,7-9H2,1-6H3,(H2,17,18,19,20). The molecule has 1 fully saturated rings. The molecule has 0 amide bonds. The highest BCUT2D eigenvalue weighted by molar-refractivity contribution is 5.58. The maximum absolute atomic E-state index is 5.63. The minimum atomic E-state index is -0.0773. The van der Waals surface area contributed by atoms with Crippen molar-refractivity contribution < 1.29 is 4.74 Å². The molecule has 2 atom stereocenters. The zero-order valence-electron chi connectivity index (χ0n) is 14.1. The van der Waals surface area contributed by atoms with Crippen molar-refractivity contribution in [2.45, 2.75) is 65.5 Å². The van der Waals surface area contributed by atoms with Gasteiger partial charge in [-0.3, -0.25) is 0 Å². The molecule has 21 heavy (non-hydrogen) atoms. The SMILES string of the molecule is CCNc1nc(C(C)(C)C)nc(NC2CCOC2C)c1C. The van der Waals surface area contributed by atoms with E-state index < -0.39 is 0 Å². The minimum absolute atomic E-state index is 0.0773. The van der Waals surface area contributed by atoms with Crippen molar-refractivity contribution in [2.75, 3.05) is 23.8 Å². The Morgan fingerprint density at radius 1 is 1.24 bits per heavy atom. The molecule has 5 nitrogen and oxygen atoms in total. The minimum Gasteiger partial charge on any atom is -0.376 e. The summed E-state index contributed by atoms with van der Waals surface area (Å²) in [5.41, 5.74) is 0.996. The number of hydrogen-bond acceptors (Lipinski definition) is 5. The summed E-state index contributed by atoms with van der Waals surface area (Å²) in [6, 6.07) is 0.320. The molecule has 0 aliphatic carbocycles. The fourth-order valence-corrected chi connectivity index (χ4v) is 2.43. The molecule has 0 aromatic carbocycles. The second kappa shape index (κ2) is 6.18. The summed E-state index contributed by atoms with van der Waals surface area (Å²) in [7, 11) is 0. The maximum atomic E-state index is 5.63. The van der Waals surface area contributed by atoms with Crippen LogP contribution in [-0.2, 0) is 10.2 Å². The molecule has 2 heterocycles.